The lowest BCUT2D eigenvalue weighted by molar-refractivity contribution is 0.102. The number of nitrogens with zero attached hydrogens (tertiary/aromatic N) is 1. The number of carbonyl (C=O) groups excluding carboxylic acids is 1. The van der Waals surface area contributed by atoms with Crippen molar-refractivity contribution in [3.63, 3.8) is 0 Å². The monoisotopic (exact) mass is 436 g/mol. The predicted octanol–water partition coefficient (Wildman–Crippen LogP) is 4.35. The normalized spacial score (nSPS) is 10.2. The predicted molar refractivity (Wildman–Crippen MR) is 84.1 cm³/mol. The fourth-order valence-electron chi connectivity index (χ4n) is 1.33. The molecule has 3 nitrogen and oxygen atoms in total. The molecule has 1 heterocycles. The molecular weight excluding hydrogens is 430 g/mol. The van der Waals surface area contributed by atoms with E-state index >= 15 is 0 Å². The van der Waals surface area contributed by atoms with Crippen LogP contribution in [-0.4, -0.2) is 10.9 Å². The molecule has 1 aromatic carbocycles. The second-order valence-electron chi connectivity index (χ2n) is 3.44. The number of benzene rings is 1. The minimum atomic E-state index is -0.227. The van der Waals surface area contributed by atoms with Crippen LogP contribution < -0.4 is 5.32 Å². The van der Waals surface area contributed by atoms with Crippen molar-refractivity contribution in [2.75, 3.05) is 5.32 Å². The highest BCUT2D eigenvalue weighted by Crippen LogP contribution is 2.21. The minimum Gasteiger partial charge on any atom is -0.306 e. The van der Waals surface area contributed by atoms with Gasteiger partial charge < -0.3 is 5.32 Å². The van der Waals surface area contributed by atoms with Gasteiger partial charge in [0.05, 0.1) is 5.56 Å². The van der Waals surface area contributed by atoms with Crippen LogP contribution >= 0.6 is 50.1 Å². The maximum atomic E-state index is 12.1. The van der Waals surface area contributed by atoms with Crippen LogP contribution in [0.3, 0.4) is 0 Å². The Morgan fingerprint density at radius 2 is 2.11 bits per heavy atom. The first kappa shape index (κ1) is 13.8. The van der Waals surface area contributed by atoms with Crippen molar-refractivity contribution >= 4 is 61.8 Å². The van der Waals surface area contributed by atoms with Crippen LogP contribution in [0.4, 0.5) is 5.82 Å². The van der Waals surface area contributed by atoms with Gasteiger partial charge in [-0.25, -0.2) is 4.98 Å². The Labute approximate surface area is 131 Å². The molecule has 0 saturated heterocycles. The van der Waals surface area contributed by atoms with E-state index in [0.717, 1.165) is 8.04 Å². The van der Waals surface area contributed by atoms with Gasteiger partial charge in [0.15, 0.2) is 0 Å². The molecule has 92 valence electrons. The summed E-state index contributed by atoms with van der Waals surface area (Å²) >= 11 is 11.3. The summed E-state index contributed by atoms with van der Waals surface area (Å²) in [6.45, 7) is 0. The zero-order valence-electron chi connectivity index (χ0n) is 8.95. The molecule has 0 saturated carbocycles. The summed E-state index contributed by atoms with van der Waals surface area (Å²) in [4.78, 5) is 16.1. The van der Waals surface area contributed by atoms with Crippen LogP contribution in [0, 0.1) is 3.57 Å². The summed E-state index contributed by atoms with van der Waals surface area (Å²) in [5, 5.41) is 3.23. The van der Waals surface area contributed by atoms with E-state index in [4.69, 9.17) is 11.6 Å². The second kappa shape index (κ2) is 5.99. The second-order valence-corrected chi connectivity index (χ2v) is 5.97. The number of hydrogen-bond acceptors (Lipinski definition) is 2. The summed E-state index contributed by atoms with van der Waals surface area (Å²) in [6, 6.07) is 8.80. The average molecular weight is 437 g/mol. The Kier molecular flexibility index (Phi) is 4.58. The average Bonchev–Trinajstić information content (AvgIpc) is 2.32. The third-order valence-corrected chi connectivity index (χ3v) is 3.73. The zero-order chi connectivity index (χ0) is 13.1. The third kappa shape index (κ3) is 3.43. The van der Waals surface area contributed by atoms with Crippen LogP contribution in [0.2, 0.25) is 5.02 Å². The molecule has 0 aliphatic carbocycles. The molecule has 0 unspecified atom stereocenters. The molecule has 0 fully saturated rings. The van der Waals surface area contributed by atoms with Crippen molar-refractivity contribution in [3.8, 4) is 0 Å². The van der Waals surface area contributed by atoms with E-state index in [-0.39, 0.29) is 5.91 Å². The molecule has 18 heavy (non-hydrogen) atoms. The number of hydrogen-bond donors (Lipinski definition) is 1. The number of rotatable bonds is 2. The minimum absolute atomic E-state index is 0.227. The Morgan fingerprint density at radius 3 is 2.83 bits per heavy atom. The molecule has 0 spiro atoms. The van der Waals surface area contributed by atoms with Gasteiger partial charge in [-0.2, -0.15) is 0 Å². The molecule has 1 amide bonds. The maximum absolute atomic E-state index is 12.1. The van der Waals surface area contributed by atoms with Gasteiger partial charge in [-0.3, -0.25) is 4.79 Å². The topological polar surface area (TPSA) is 42.0 Å². The fraction of sp³-hybridized carbons (Fsp3) is 0. The number of pyridine rings is 1. The smallest absolute Gasteiger partial charge is 0.257 e. The molecule has 2 rings (SSSR count). The molecule has 1 N–H and O–H groups in total. The molecule has 6 heteroatoms. The number of aromatic nitrogens is 1. The molecule has 0 radical (unpaired) electrons. The van der Waals surface area contributed by atoms with Crippen LogP contribution in [0.5, 0.6) is 0 Å². The maximum Gasteiger partial charge on any atom is 0.257 e. The van der Waals surface area contributed by atoms with Gasteiger partial charge in [0.25, 0.3) is 5.91 Å². The number of nitrogens with one attached hydrogen (secondary N) is 1. The van der Waals surface area contributed by atoms with Crippen LogP contribution in [0.1, 0.15) is 10.4 Å². The van der Waals surface area contributed by atoms with Crippen molar-refractivity contribution < 1.29 is 4.79 Å². The Morgan fingerprint density at radius 1 is 1.33 bits per heavy atom. The van der Waals surface area contributed by atoms with Crippen molar-refractivity contribution in [2.45, 2.75) is 0 Å². The lowest BCUT2D eigenvalue weighted by Crippen LogP contribution is -2.13. The van der Waals surface area contributed by atoms with Gasteiger partial charge in [0.2, 0.25) is 0 Å². The zero-order valence-corrected chi connectivity index (χ0v) is 13.5. The van der Waals surface area contributed by atoms with Gasteiger partial charge in [0, 0.05) is 19.3 Å². The summed E-state index contributed by atoms with van der Waals surface area (Å²) in [5.74, 6) is 0.202. The van der Waals surface area contributed by atoms with Crippen molar-refractivity contribution in [3.05, 3.63) is 55.2 Å². The van der Waals surface area contributed by atoms with E-state index in [1.165, 1.54) is 0 Å². The molecule has 2 aromatic rings. The first-order chi connectivity index (χ1) is 8.56. The quantitative estimate of drug-likeness (QED) is 0.710. The molecule has 0 aliphatic rings. The van der Waals surface area contributed by atoms with E-state index < -0.39 is 0 Å². The summed E-state index contributed by atoms with van der Waals surface area (Å²) in [7, 11) is 0. The van der Waals surface area contributed by atoms with Gasteiger partial charge >= 0.3 is 0 Å². The van der Waals surface area contributed by atoms with Gasteiger partial charge in [-0.1, -0.05) is 11.6 Å². The standard InChI is InChI=1S/C12H7BrClIN2O/c13-10-2-1-8(15)6-9(10)12(18)17-11-5-7(14)3-4-16-11/h1-6H,(H,16,17,18). The van der Waals surface area contributed by atoms with Crippen LogP contribution in [0.15, 0.2) is 41.0 Å². The summed E-state index contributed by atoms with van der Waals surface area (Å²) in [5.41, 5.74) is 0.559. The highest BCUT2D eigenvalue weighted by Gasteiger charge is 2.11. The lowest BCUT2D eigenvalue weighted by Gasteiger charge is -2.06. The number of halogens is 3. The van der Waals surface area contributed by atoms with Gasteiger partial charge in [0.1, 0.15) is 5.82 Å². The number of carbonyl (C=O) groups is 1. The van der Waals surface area contributed by atoms with Crippen molar-refractivity contribution in [1.29, 1.82) is 0 Å². The van der Waals surface area contributed by atoms with Gasteiger partial charge in [-0.15, -0.1) is 0 Å². The van der Waals surface area contributed by atoms with E-state index in [2.05, 4.69) is 48.8 Å². The van der Waals surface area contributed by atoms with Crippen molar-refractivity contribution in [1.82, 2.24) is 4.98 Å². The third-order valence-electron chi connectivity index (χ3n) is 2.14. The van der Waals surface area contributed by atoms with Crippen LogP contribution in [-0.2, 0) is 0 Å². The van der Waals surface area contributed by atoms with Crippen molar-refractivity contribution in [2.24, 2.45) is 0 Å². The molecule has 1 aromatic heterocycles. The number of amides is 1. The number of anilines is 1. The molecule has 0 atom stereocenters. The van der Waals surface area contributed by atoms with E-state index in [1.807, 2.05) is 12.1 Å². The molecular formula is C12H7BrClIN2O. The highest BCUT2D eigenvalue weighted by molar-refractivity contribution is 14.1. The SMILES string of the molecule is O=C(Nc1cc(Cl)ccn1)c1cc(I)ccc1Br. The van der Waals surface area contributed by atoms with E-state index in [9.17, 15) is 4.79 Å². The Hall–Kier alpha value is -0.660. The van der Waals surface area contributed by atoms with Gasteiger partial charge in [-0.05, 0) is 68.9 Å². The Bertz CT molecular complexity index is 606. The first-order valence-corrected chi connectivity index (χ1v) is 7.19. The summed E-state index contributed by atoms with van der Waals surface area (Å²) < 4.78 is 1.72. The Balaban J connectivity index is 2.24. The van der Waals surface area contributed by atoms with Crippen LogP contribution in [0.25, 0.3) is 0 Å². The first-order valence-electron chi connectivity index (χ1n) is 4.94. The van der Waals surface area contributed by atoms with E-state index in [0.29, 0.717) is 16.4 Å². The lowest BCUT2D eigenvalue weighted by atomic mass is 10.2. The summed E-state index contributed by atoms with van der Waals surface area (Å²) in [6.07, 6.45) is 1.54. The largest absolute Gasteiger partial charge is 0.306 e. The fourth-order valence-corrected chi connectivity index (χ4v) is 2.41. The highest BCUT2D eigenvalue weighted by atomic mass is 127. The molecule has 0 bridgehead atoms. The van der Waals surface area contributed by atoms with E-state index in [1.54, 1.807) is 24.4 Å². The molecule has 0 aliphatic heterocycles.